The maximum Gasteiger partial charge on any atom is 0.291 e. The van der Waals surface area contributed by atoms with E-state index in [0.29, 0.717) is 0 Å². The highest BCUT2D eigenvalue weighted by Gasteiger charge is 2.07. The van der Waals surface area contributed by atoms with E-state index in [1.54, 1.807) is 0 Å². The van der Waals surface area contributed by atoms with Gasteiger partial charge in [0.2, 0.25) is 0 Å². The van der Waals surface area contributed by atoms with E-state index in [4.69, 9.17) is 0 Å². The zero-order valence-electron chi connectivity index (χ0n) is 12.0. The number of hydrogen-bond acceptors (Lipinski definition) is 4. The summed E-state index contributed by atoms with van der Waals surface area (Å²) in [5, 5.41) is 6.40. The third kappa shape index (κ3) is 2.83. The number of carbonyl (C=O) groups is 1. The number of amides is 1. The minimum atomic E-state index is -0.382. The van der Waals surface area contributed by atoms with Crippen LogP contribution in [0.3, 0.4) is 0 Å². The van der Waals surface area contributed by atoms with Crippen LogP contribution in [0.25, 0.3) is 10.8 Å². The smallest absolute Gasteiger partial charge is 0.265 e. The molecule has 2 aromatic carbocycles. The third-order valence-electron chi connectivity index (χ3n) is 3.30. The summed E-state index contributed by atoms with van der Waals surface area (Å²) in [5.74, 6) is -0.382. The van der Waals surface area contributed by atoms with Crippen LogP contribution in [-0.4, -0.2) is 21.6 Å². The minimum absolute atomic E-state index is 0.233. The molecular weight excluding hydrogens is 276 g/mol. The van der Waals surface area contributed by atoms with Gasteiger partial charge in [-0.3, -0.25) is 9.78 Å². The van der Waals surface area contributed by atoms with Crippen LogP contribution < -0.4 is 5.43 Å². The molecule has 3 rings (SSSR count). The number of aromatic nitrogens is 2. The van der Waals surface area contributed by atoms with Crippen molar-refractivity contribution in [1.82, 2.24) is 15.4 Å². The Morgan fingerprint density at radius 1 is 1.09 bits per heavy atom. The fraction of sp³-hybridized carbons (Fsp3) is 0.0588. The van der Waals surface area contributed by atoms with Gasteiger partial charge in [-0.15, -0.1) is 0 Å². The van der Waals surface area contributed by atoms with Crippen molar-refractivity contribution < 1.29 is 4.79 Å². The molecule has 0 radical (unpaired) electrons. The lowest BCUT2D eigenvalue weighted by atomic mass is 10.0. The molecule has 0 spiro atoms. The Bertz CT molecular complexity index is 838. The second kappa shape index (κ2) is 6.13. The van der Waals surface area contributed by atoms with E-state index in [-0.39, 0.29) is 11.6 Å². The molecule has 1 aromatic heterocycles. The number of carbonyl (C=O) groups excluding carboxylic acids is 1. The van der Waals surface area contributed by atoms with Crippen LogP contribution in [0, 0.1) is 0 Å². The molecule has 0 aliphatic heterocycles. The number of nitrogens with zero attached hydrogens (tertiary/aromatic N) is 3. The summed E-state index contributed by atoms with van der Waals surface area (Å²) < 4.78 is 0. The van der Waals surface area contributed by atoms with Crippen molar-refractivity contribution in [1.29, 1.82) is 0 Å². The van der Waals surface area contributed by atoms with Gasteiger partial charge in [0, 0.05) is 18.0 Å². The fourth-order valence-corrected chi connectivity index (χ4v) is 2.21. The average Bonchev–Trinajstić information content (AvgIpc) is 2.59. The van der Waals surface area contributed by atoms with Crippen molar-refractivity contribution in [3.05, 3.63) is 72.3 Å². The average molecular weight is 290 g/mol. The van der Waals surface area contributed by atoms with Crippen molar-refractivity contribution in [2.45, 2.75) is 6.92 Å². The molecule has 22 heavy (non-hydrogen) atoms. The summed E-state index contributed by atoms with van der Waals surface area (Å²) in [6.45, 7) is 1.86. The zero-order valence-corrected chi connectivity index (χ0v) is 12.0. The highest BCUT2D eigenvalue weighted by atomic mass is 16.2. The number of benzene rings is 2. The van der Waals surface area contributed by atoms with E-state index in [9.17, 15) is 4.79 Å². The first kappa shape index (κ1) is 13.9. The molecule has 0 atom stereocenters. The molecule has 1 N–H and O–H groups in total. The molecule has 3 aromatic rings. The Kier molecular flexibility index (Phi) is 3.87. The second-order valence-corrected chi connectivity index (χ2v) is 4.76. The van der Waals surface area contributed by atoms with Gasteiger partial charge in [-0.1, -0.05) is 42.5 Å². The molecule has 0 aliphatic carbocycles. The number of hydrogen-bond donors (Lipinski definition) is 1. The molecule has 0 bridgehead atoms. The lowest BCUT2D eigenvalue weighted by molar-refractivity contribution is 0.0949. The predicted molar refractivity (Wildman–Crippen MR) is 85.7 cm³/mol. The van der Waals surface area contributed by atoms with Crippen LogP contribution in [-0.2, 0) is 0 Å². The van der Waals surface area contributed by atoms with Gasteiger partial charge in [-0.2, -0.15) is 5.10 Å². The quantitative estimate of drug-likeness (QED) is 0.596. The van der Waals surface area contributed by atoms with Crippen LogP contribution in [0.2, 0.25) is 0 Å². The molecular formula is C17H14N4O. The first-order valence-corrected chi connectivity index (χ1v) is 6.84. The number of fused-ring (bicyclic) bond motifs is 1. The number of nitrogens with one attached hydrogen (secondary N) is 1. The minimum Gasteiger partial charge on any atom is -0.265 e. The van der Waals surface area contributed by atoms with Crippen molar-refractivity contribution >= 4 is 22.4 Å². The highest BCUT2D eigenvalue weighted by Crippen LogP contribution is 2.18. The van der Waals surface area contributed by atoms with Gasteiger partial charge in [0.05, 0.1) is 11.9 Å². The van der Waals surface area contributed by atoms with Crippen LogP contribution >= 0.6 is 0 Å². The largest absolute Gasteiger partial charge is 0.291 e. The Morgan fingerprint density at radius 2 is 1.91 bits per heavy atom. The normalized spacial score (nSPS) is 11.4. The van der Waals surface area contributed by atoms with Gasteiger partial charge in [-0.25, -0.2) is 10.4 Å². The molecule has 0 unspecified atom stereocenters. The summed E-state index contributed by atoms with van der Waals surface area (Å²) >= 11 is 0. The number of rotatable bonds is 3. The summed E-state index contributed by atoms with van der Waals surface area (Å²) in [4.78, 5) is 19.7. The summed E-state index contributed by atoms with van der Waals surface area (Å²) in [6.07, 6.45) is 4.38. The summed E-state index contributed by atoms with van der Waals surface area (Å²) in [6, 6.07) is 14.1. The van der Waals surface area contributed by atoms with E-state index in [0.717, 1.165) is 22.0 Å². The zero-order chi connectivity index (χ0) is 15.4. The van der Waals surface area contributed by atoms with Gasteiger partial charge in [-0.05, 0) is 17.7 Å². The monoisotopic (exact) mass is 290 g/mol. The third-order valence-corrected chi connectivity index (χ3v) is 3.30. The Morgan fingerprint density at radius 3 is 2.73 bits per heavy atom. The molecule has 1 amide bonds. The van der Waals surface area contributed by atoms with Gasteiger partial charge < -0.3 is 0 Å². The van der Waals surface area contributed by atoms with E-state index >= 15 is 0 Å². The predicted octanol–water partition coefficient (Wildman–Crippen LogP) is 2.78. The van der Waals surface area contributed by atoms with E-state index in [2.05, 4.69) is 20.5 Å². The van der Waals surface area contributed by atoms with Crippen molar-refractivity contribution in [2.75, 3.05) is 0 Å². The van der Waals surface area contributed by atoms with Gasteiger partial charge >= 0.3 is 0 Å². The van der Waals surface area contributed by atoms with Crippen LogP contribution in [0.15, 0.2) is 66.2 Å². The topological polar surface area (TPSA) is 67.2 Å². The van der Waals surface area contributed by atoms with Gasteiger partial charge in [0.15, 0.2) is 0 Å². The van der Waals surface area contributed by atoms with Crippen LogP contribution in [0.4, 0.5) is 0 Å². The fourth-order valence-electron chi connectivity index (χ4n) is 2.21. The van der Waals surface area contributed by atoms with Crippen molar-refractivity contribution in [2.24, 2.45) is 5.10 Å². The summed E-state index contributed by atoms with van der Waals surface area (Å²) in [7, 11) is 0. The lowest BCUT2D eigenvalue weighted by Gasteiger charge is -2.06. The van der Waals surface area contributed by atoms with Crippen molar-refractivity contribution in [3.63, 3.8) is 0 Å². The van der Waals surface area contributed by atoms with Gasteiger partial charge in [0.1, 0.15) is 5.69 Å². The first-order chi connectivity index (χ1) is 10.8. The van der Waals surface area contributed by atoms with Crippen LogP contribution in [0.1, 0.15) is 23.0 Å². The highest BCUT2D eigenvalue weighted by molar-refractivity contribution is 6.10. The van der Waals surface area contributed by atoms with E-state index < -0.39 is 0 Å². The Balaban J connectivity index is 1.86. The molecule has 1 heterocycles. The Hall–Kier alpha value is -3.08. The second-order valence-electron chi connectivity index (χ2n) is 4.76. The molecule has 0 fully saturated rings. The molecule has 5 nitrogen and oxygen atoms in total. The molecule has 0 aliphatic rings. The summed E-state index contributed by atoms with van der Waals surface area (Å²) in [5.41, 5.74) is 4.46. The molecule has 0 saturated heterocycles. The maximum absolute atomic E-state index is 11.9. The molecule has 108 valence electrons. The van der Waals surface area contributed by atoms with Gasteiger partial charge in [0.25, 0.3) is 5.91 Å². The van der Waals surface area contributed by atoms with E-state index in [1.165, 1.54) is 18.6 Å². The van der Waals surface area contributed by atoms with Crippen LogP contribution in [0.5, 0.6) is 0 Å². The SMILES string of the molecule is C/C(=N/NC(=O)c1cnccn1)c1cccc2ccccc12. The lowest BCUT2D eigenvalue weighted by Crippen LogP contribution is -2.20. The number of hydrazone groups is 1. The molecule has 5 heteroatoms. The van der Waals surface area contributed by atoms with Crippen molar-refractivity contribution in [3.8, 4) is 0 Å². The maximum atomic E-state index is 11.9. The standard InChI is InChI=1S/C17H14N4O/c1-12(20-21-17(22)16-11-18-9-10-19-16)14-8-4-6-13-5-2-3-7-15(13)14/h2-11H,1H3,(H,21,22)/b20-12-. The first-order valence-electron chi connectivity index (χ1n) is 6.84. The Labute approximate surface area is 127 Å². The van der Waals surface area contributed by atoms with E-state index in [1.807, 2.05) is 49.4 Å². The molecule has 0 saturated carbocycles.